The molecule has 1 aromatic rings. The van der Waals surface area contributed by atoms with Crippen LogP contribution in [0.5, 0.6) is 0 Å². The van der Waals surface area contributed by atoms with Crippen LogP contribution in [0.2, 0.25) is 0 Å². The van der Waals surface area contributed by atoms with Crippen LogP contribution in [0, 0.1) is 0 Å². The molecule has 2 N–H and O–H groups in total. The maximum atomic E-state index is 12.2. The van der Waals surface area contributed by atoms with Gasteiger partial charge < -0.3 is 10.6 Å². The molecule has 0 aromatic carbocycles. The van der Waals surface area contributed by atoms with Gasteiger partial charge in [0.25, 0.3) is 5.91 Å². The van der Waals surface area contributed by atoms with Crippen LogP contribution in [-0.4, -0.2) is 28.5 Å². The maximum Gasteiger partial charge on any atom is 0.254 e. The minimum Gasteiger partial charge on any atom is -0.354 e. The largest absolute Gasteiger partial charge is 0.354 e. The van der Waals surface area contributed by atoms with E-state index < -0.39 is 0 Å². The molecular formula is C16H26N4O. The fourth-order valence-corrected chi connectivity index (χ4v) is 2.61. The van der Waals surface area contributed by atoms with Gasteiger partial charge in [-0.25, -0.2) is 9.97 Å². The van der Waals surface area contributed by atoms with Crippen molar-refractivity contribution in [3.05, 3.63) is 18.0 Å². The van der Waals surface area contributed by atoms with E-state index in [-0.39, 0.29) is 5.91 Å². The monoisotopic (exact) mass is 290 g/mol. The van der Waals surface area contributed by atoms with E-state index in [9.17, 15) is 4.79 Å². The first-order chi connectivity index (χ1) is 10.3. The van der Waals surface area contributed by atoms with Crippen molar-refractivity contribution in [3.8, 4) is 0 Å². The molecule has 1 fully saturated rings. The van der Waals surface area contributed by atoms with Gasteiger partial charge in [-0.15, -0.1) is 0 Å². The molecule has 116 valence electrons. The molecule has 0 saturated heterocycles. The third-order valence-electron chi connectivity index (χ3n) is 3.92. The van der Waals surface area contributed by atoms with E-state index in [4.69, 9.17) is 0 Å². The van der Waals surface area contributed by atoms with Crippen LogP contribution in [0.15, 0.2) is 12.4 Å². The number of rotatable bonds is 6. The quantitative estimate of drug-likeness (QED) is 0.624. The molecule has 0 aliphatic heterocycles. The highest BCUT2D eigenvalue weighted by molar-refractivity contribution is 5.93. The van der Waals surface area contributed by atoms with Crippen molar-refractivity contribution in [2.24, 2.45) is 0 Å². The number of nitrogens with zero attached hydrogens (tertiary/aromatic N) is 2. The van der Waals surface area contributed by atoms with E-state index >= 15 is 0 Å². The molecular weight excluding hydrogens is 264 g/mol. The second-order valence-electron chi connectivity index (χ2n) is 5.74. The van der Waals surface area contributed by atoms with Crippen LogP contribution in [0.25, 0.3) is 0 Å². The molecule has 1 aromatic heterocycles. The van der Waals surface area contributed by atoms with Gasteiger partial charge in [0.05, 0.1) is 5.56 Å². The third-order valence-corrected chi connectivity index (χ3v) is 3.92. The Morgan fingerprint density at radius 3 is 2.48 bits per heavy atom. The van der Waals surface area contributed by atoms with Gasteiger partial charge in [0.15, 0.2) is 0 Å². The van der Waals surface area contributed by atoms with Crippen molar-refractivity contribution in [1.82, 2.24) is 15.3 Å². The molecule has 1 amide bonds. The van der Waals surface area contributed by atoms with Crippen molar-refractivity contribution in [2.45, 2.75) is 64.3 Å². The Hall–Kier alpha value is -1.65. The lowest BCUT2D eigenvalue weighted by Gasteiger charge is -2.16. The summed E-state index contributed by atoms with van der Waals surface area (Å²) in [4.78, 5) is 20.6. The van der Waals surface area contributed by atoms with E-state index in [2.05, 4.69) is 27.5 Å². The summed E-state index contributed by atoms with van der Waals surface area (Å²) in [6.07, 6.45) is 12.6. The second-order valence-corrected chi connectivity index (χ2v) is 5.74. The van der Waals surface area contributed by atoms with Gasteiger partial charge in [0, 0.05) is 25.0 Å². The summed E-state index contributed by atoms with van der Waals surface area (Å²) >= 11 is 0. The number of aromatic nitrogens is 2. The van der Waals surface area contributed by atoms with E-state index in [1.54, 1.807) is 12.4 Å². The Morgan fingerprint density at radius 2 is 1.86 bits per heavy atom. The number of nitrogens with one attached hydrogen (secondary N) is 2. The lowest BCUT2D eigenvalue weighted by Crippen LogP contribution is -2.34. The summed E-state index contributed by atoms with van der Waals surface area (Å²) in [6.45, 7) is 3.01. The second kappa shape index (κ2) is 8.60. The zero-order valence-electron chi connectivity index (χ0n) is 12.9. The topological polar surface area (TPSA) is 66.9 Å². The summed E-state index contributed by atoms with van der Waals surface area (Å²) in [7, 11) is 0. The highest BCUT2D eigenvalue weighted by Crippen LogP contribution is 2.17. The number of hydrogen-bond acceptors (Lipinski definition) is 4. The van der Waals surface area contributed by atoms with Gasteiger partial charge in [0.2, 0.25) is 5.95 Å². The summed E-state index contributed by atoms with van der Waals surface area (Å²) < 4.78 is 0. The third kappa shape index (κ3) is 5.33. The minimum atomic E-state index is -0.0537. The molecule has 21 heavy (non-hydrogen) atoms. The van der Waals surface area contributed by atoms with Crippen molar-refractivity contribution >= 4 is 11.9 Å². The Bertz CT molecular complexity index is 424. The maximum absolute atomic E-state index is 12.2. The van der Waals surface area contributed by atoms with Crippen molar-refractivity contribution in [1.29, 1.82) is 0 Å². The fourth-order valence-electron chi connectivity index (χ4n) is 2.61. The smallest absolute Gasteiger partial charge is 0.254 e. The van der Waals surface area contributed by atoms with Gasteiger partial charge in [-0.3, -0.25) is 4.79 Å². The van der Waals surface area contributed by atoms with Crippen LogP contribution in [0.3, 0.4) is 0 Å². The van der Waals surface area contributed by atoms with Crippen molar-refractivity contribution in [3.63, 3.8) is 0 Å². The Morgan fingerprint density at radius 1 is 1.19 bits per heavy atom. The molecule has 1 heterocycles. The van der Waals surface area contributed by atoms with Gasteiger partial charge >= 0.3 is 0 Å². The average Bonchev–Trinajstić information content (AvgIpc) is 2.77. The fraction of sp³-hybridized carbons (Fsp3) is 0.688. The van der Waals surface area contributed by atoms with E-state index in [1.807, 2.05) is 0 Å². The van der Waals surface area contributed by atoms with E-state index in [0.717, 1.165) is 32.2 Å². The Labute approximate surface area is 127 Å². The van der Waals surface area contributed by atoms with Crippen LogP contribution < -0.4 is 10.6 Å². The van der Waals surface area contributed by atoms with Crippen LogP contribution in [0.4, 0.5) is 5.95 Å². The summed E-state index contributed by atoms with van der Waals surface area (Å²) in [5.41, 5.74) is 0.542. The number of amides is 1. The number of hydrogen-bond donors (Lipinski definition) is 2. The predicted octanol–water partition coefficient (Wildman–Crippen LogP) is 3.14. The summed E-state index contributed by atoms with van der Waals surface area (Å²) in [5, 5.41) is 6.25. The molecule has 0 unspecified atom stereocenters. The van der Waals surface area contributed by atoms with Gasteiger partial charge in [-0.2, -0.15) is 0 Å². The van der Waals surface area contributed by atoms with Gasteiger partial charge in [-0.1, -0.05) is 39.0 Å². The Kier molecular flexibility index (Phi) is 6.44. The molecule has 0 spiro atoms. The summed E-state index contributed by atoms with van der Waals surface area (Å²) in [5.74, 6) is 0.538. The molecule has 5 heteroatoms. The molecule has 1 aliphatic rings. The molecule has 0 radical (unpaired) electrons. The van der Waals surface area contributed by atoms with Crippen molar-refractivity contribution < 1.29 is 4.79 Å². The van der Waals surface area contributed by atoms with Crippen LogP contribution in [0.1, 0.15) is 68.6 Å². The number of anilines is 1. The van der Waals surface area contributed by atoms with Crippen LogP contribution in [-0.2, 0) is 0 Å². The molecule has 0 atom stereocenters. The van der Waals surface area contributed by atoms with E-state index in [0.29, 0.717) is 17.6 Å². The number of unbranched alkanes of at least 4 members (excludes halogenated alkanes) is 1. The lowest BCUT2D eigenvalue weighted by atomic mass is 10.1. The average molecular weight is 290 g/mol. The number of carbonyl (C=O) groups excluding carboxylic acids is 1. The molecule has 1 saturated carbocycles. The first kappa shape index (κ1) is 15.7. The van der Waals surface area contributed by atoms with E-state index in [1.165, 1.54) is 25.7 Å². The standard InChI is InChI=1S/C16H26N4O/c1-2-3-10-17-16-18-11-13(12-19-16)15(21)20-14-8-6-4-5-7-9-14/h11-12,14H,2-10H2,1H3,(H,20,21)(H,17,18,19). The highest BCUT2D eigenvalue weighted by atomic mass is 16.1. The molecule has 0 bridgehead atoms. The van der Waals surface area contributed by atoms with Crippen molar-refractivity contribution in [2.75, 3.05) is 11.9 Å². The minimum absolute atomic E-state index is 0.0537. The predicted molar refractivity (Wildman–Crippen MR) is 84.4 cm³/mol. The first-order valence-corrected chi connectivity index (χ1v) is 8.16. The molecule has 5 nitrogen and oxygen atoms in total. The SMILES string of the molecule is CCCCNc1ncc(C(=O)NC2CCCCCC2)cn1. The zero-order chi connectivity index (χ0) is 14.9. The molecule has 1 aliphatic carbocycles. The zero-order valence-corrected chi connectivity index (χ0v) is 12.9. The normalized spacial score (nSPS) is 16.2. The summed E-state index contributed by atoms with van der Waals surface area (Å²) in [6, 6.07) is 0.308. The first-order valence-electron chi connectivity index (χ1n) is 8.16. The van der Waals surface area contributed by atoms with Crippen LogP contribution >= 0.6 is 0 Å². The highest BCUT2D eigenvalue weighted by Gasteiger charge is 2.16. The number of carbonyl (C=O) groups is 1. The van der Waals surface area contributed by atoms with Gasteiger partial charge in [0.1, 0.15) is 0 Å². The lowest BCUT2D eigenvalue weighted by molar-refractivity contribution is 0.0932. The Balaban J connectivity index is 1.84. The van der Waals surface area contributed by atoms with Gasteiger partial charge in [-0.05, 0) is 19.3 Å². The molecule has 2 rings (SSSR count).